The van der Waals surface area contributed by atoms with Crippen molar-refractivity contribution in [2.75, 3.05) is 24.7 Å². The van der Waals surface area contributed by atoms with Crippen LogP contribution in [0.15, 0.2) is 42.5 Å². The molecule has 1 amide bonds. The summed E-state index contributed by atoms with van der Waals surface area (Å²) in [7, 11) is 0. The number of para-hydroxylation sites is 1. The molecule has 2 aromatic rings. The number of hydrogen-bond donors (Lipinski definition) is 0. The van der Waals surface area contributed by atoms with E-state index in [1.165, 1.54) is 5.56 Å². The van der Waals surface area contributed by atoms with E-state index in [-0.39, 0.29) is 11.8 Å². The van der Waals surface area contributed by atoms with Crippen molar-refractivity contribution < 1.29 is 14.3 Å². The number of nitrogens with zero attached hydrogens (tertiary/aromatic N) is 1. The summed E-state index contributed by atoms with van der Waals surface area (Å²) < 4.78 is 11.6. The van der Waals surface area contributed by atoms with E-state index < -0.39 is 0 Å². The second kappa shape index (κ2) is 7.02. The van der Waals surface area contributed by atoms with Crippen molar-refractivity contribution in [1.82, 2.24) is 0 Å². The van der Waals surface area contributed by atoms with Gasteiger partial charge in [-0.05, 0) is 35.6 Å². The molecule has 0 fully saturated rings. The Balaban J connectivity index is 1.50. The molecule has 4 heteroatoms. The molecular formula is C22H25NO3. The van der Waals surface area contributed by atoms with Gasteiger partial charge in [0, 0.05) is 24.7 Å². The third-order valence-electron chi connectivity index (χ3n) is 5.18. The minimum atomic E-state index is -0.243. The van der Waals surface area contributed by atoms with Crippen LogP contribution >= 0.6 is 0 Å². The molecule has 136 valence electrons. The first-order valence-electron chi connectivity index (χ1n) is 9.42. The van der Waals surface area contributed by atoms with Crippen LogP contribution in [0, 0.1) is 5.92 Å². The Kier molecular flexibility index (Phi) is 4.58. The smallest absolute Gasteiger partial charge is 0.238 e. The third-order valence-corrected chi connectivity index (χ3v) is 5.18. The molecule has 2 aliphatic rings. The summed E-state index contributed by atoms with van der Waals surface area (Å²) in [6.45, 7) is 6.22. The molecule has 0 aliphatic carbocycles. The Morgan fingerprint density at radius 3 is 2.92 bits per heavy atom. The summed E-state index contributed by atoms with van der Waals surface area (Å²) in [5.41, 5.74) is 3.32. The van der Waals surface area contributed by atoms with E-state index in [1.807, 2.05) is 41.3 Å². The molecule has 1 atom stereocenters. The first-order chi connectivity index (χ1) is 12.6. The lowest BCUT2D eigenvalue weighted by molar-refractivity contribution is -0.119. The van der Waals surface area contributed by atoms with Crippen molar-refractivity contribution >= 4 is 11.6 Å². The molecule has 2 aromatic carbocycles. The Morgan fingerprint density at radius 1 is 1.23 bits per heavy atom. The number of fused-ring (bicyclic) bond motifs is 2. The van der Waals surface area contributed by atoms with Gasteiger partial charge in [0.15, 0.2) is 0 Å². The molecule has 0 bridgehead atoms. The van der Waals surface area contributed by atoms with Gasteiger partial charge in [-0.1, -0.05) is 38.1 Å². The highest BCUT2D eigenvalue weighted by Crippen LogP contribution is 2.38. The SMILES string of the molecule is CC(C)CCN1C(=O)C(COc2ccc3c(c2)OCC3)c2ccccc21. The molecule has 0 N–H and O–H groups in total. The summed E-state index contributed by atoms with van der Waals surface area (Å²) in [6.07, 6.45) is 1.95. The maximum Gasteiger partial charge on any atom is 0.238 e. The van der Waals surface area contributed by atoms with Crippen molar-refractivity contribution in [2.24, 2.45) is 5.92 Å². The van der Waals surface area contributed by atoms with Crippen LogP contribution in [0.1, 0.15) is 37.3 Å². The zero-order valence-electron chi connectivity index (χ0n) is 15.4. The second-order valence-electron chi connectivity index (χ2n) is 7.46. The van der Waals surface area contributed by atoms with Gasteiger partial charge in [0.1, 0.15) is 18.1 Å². The molecule has 4 nitrogen and oxygen atoms in total. The molecule has 0 aromatic heterocycles. The van der Waals surface area contributed by atoms with Gasteiger partial charge in [-0.2, -0.15) is 0 Å². The largest absolute Gasteiger partial charge is 0.493 e. The monoisotopic (exact) mass is 351 g/mol. The van der Waals surface area contributed by atoms with Crippen molar-refractivity contribution in [1.29, 1.82) is 0 Å². The fourth-order valence-corrected chi connectivity index (χ4v) is 3.66. The summed E-state index contributed by atoms with van der Waals surface area (Å²) in [5, 5.41) is 0. The fourth-order valence-electron chi connectivity index (χ4n) is 3.66. The minimum absolute atomic E-state index is 0.143. The number of benzene rings is 2. The van der Waals surface area contributed by atoms with Gasteiger partial charge in [-0.15, -0.1) is 0 Å². The molecule has 2 heterocycles. The lowest BCUT2D eigenvalue weighted by Gasteiger charge is -2.19. The number of rotatable bonds is 6. The fraction of sp³-hybridized carbons (Fsp3) is 0.409. The number of ether oxygens (including phenoxy) is 2. The predicted molar refractivity (Wildman–Crippen MR) is 102 cm³/mol. The van der Waals surface area contributed by atoms with Gasteiger partial charge >= 0.3 is 0 Å². The average molecular weight is 351 g/mol. The van der Waals surface area contributed by atoms with Crippen molar-refractivity contribution in [2.45, 2.75) is 32.6 Å². The van der Waals surface area contributed by atoms with Crippen molar-refractivity contribution in [3.63, 3.8) is 0 Å². The second-order valence-corrected chi connectivity index (χ2v) is 7.46. The summed E-state index contributed by atoms with van der Waals surface area (Å²) >= 11 is 0. The highest BCUT2D eigenvalue weighted by molar-refractivity contribution is 6.05. The van der Waals surface area contributed by atoms with Gasteiger partial charge in [-0.3, -0.25) is 4.79 Å². The van der Waals surface area contributed by atoms with E-state index in [2.05, 4.69) is 19.9 Å². The Morgan fingerprint density at radius 2 is 2.08 bits per heavy atom. The van der Waals surface area contributed by atoms with Crippen LogP contribution in [-0.4, -0.2) is 25.7 Å². The van der Waals surface area contributed by atoms with E-state index >= 15 is 0 Å². The quantitative estimate of drug-likeness (QED) is 0.784. The maximum absolute atomic E-state index is 13.0. The number of carbonyl (C=O) groups excluding carboxylic acids is 1. The number of hydrogen-bond acceptors (Lipinski definition) is 3. The van der Waals surface area contributed by atoms with E-state index in [9.17, 15) is 4.79 Å². The maximum atomic E-state index is 13.0. The van der Waals surface area contributed by atoms with Crippen LogP contribution < -0.4 is 14.4 Å². The van der Waals surface area contributed by atoms with E-state index in [4.69, 9.17) is 9.47 Å². The van der Waals surface area contributed by atoms with Crippen LogP contribution in [0.4, 0.5) is 5.69 Å². The number of amides is 1. The molecule has 26 heavy (non-hydrogen) atoms. The molecule has 0 saturated heterocycles. The van der Waals surface area contributed by atoms with E-state index in [0.29, 0.717) is 12.5 Å². The summed E-state index contributed by atoms with van der Waals surface area (Å²) in [5.74, 6) is 2.13. The summed E-state index contributed by atoms with van der Waals surface area (Å²) in [4.78, 5) is 14.9. The van der Waals surface area contributed by atoms with E-state index in [0.717, 1.165) is 48.7 Å². The first-order valence-corrected chi connectivity index (χ1v) is 9.42. The first kappa shape index (κ1) is 17.0. The van der Waals surface area contributed by atoms with Crippen LogP contribution in [-0.2, 0) is 11.2 Å². The van der Waals surface area contributed by atoms with Crippen molar-refractivity contribution in [3.05, 3.63) is 53.6 Å². The van der Waals surface area contributed by atoms with Crippen LogP contribution in [0.2, 0.25) is 0 Å². The standard InChI is InChI=1S/C22H25NO3/c1-15(2)9-11-23-20-6-4-3-5-18(20)19(22(23)24)14-26-17-8-7-16-10-12-25-21(16)13-17/h3-8,13,15,19H,9-12,14H2,1-2H3. The topological polar surface area (TPSA) is 38.8 Å². The zero-order valence-corrected chi connectivity index (χ0v) is 15.4. The van der Waals surface area contributed by atoms with Crippen LogP contribution in [0.3, 0.4) is 0 Å². The zero-order chi connectivity index (χ0) is 18.1. The molecule has 0 radical (unpaired) electrons. The lowest BCUT2D eigenvalue weighted by Crippen LogP contribution is -2.32. The average Bonchev–Trinajstić information content (AvgIpc) is 3.20. The molecule has 4 rings (SSSR count). The number of anilines is 1. The predicted octanol–water partition coefficient (Wildman–Crippen LogP) is 4.18. The van der Waals surface area contributed by atoms with Crippen molar-refractivity contribution in [3.8, 4) is 11.5 Å². The Hall–Kier alpha value is -2.49. The molecule has 0 saturated carbocycles. The van der Waals surface area contributed by atoms with Crippen LogP contribution in [0.5, 0.6) is 11.5 Å². The Bertz CT molecular complexity index is 815. The van der Waals surface area contributed by atoms with Gasteiger partial charge < -0.3 is 14.4 Å². The molecular weight excluding hydrogens is 326 g/mol. The normalized spacial score (nSPS) is 18.0. The van der Waals surface area contributed by atoms with Gasteiger partial charge in [0.2, 0.25) is 5.91 Å². The van der Waals surface area contributed by atoms with Gasteiger partial charge in [-0.25, -0.2) is 0 Å². The van der Waals surface area contributed by atoms with E-state index in [1.54, 1.807) is 0 Å². The third kappa shape index (κ3) is 3.16. The highest BCUT2D eigenvalue weighted by atomic mass is 16.5. The summed E-state index contributed by atoms with van der Waals surface area (Å²) in [6, 6.07) is 14.0. The highest BCUT2D eigenvalue weighted by Gasteiger charge is 2.37. The molecule has 1 unspecified atom stereocenters. The van der Waals surface area contributed by atoms with Crippen LogP contribution in [0.25, 0.3) is 0 Å². The molecule has 0 spiro atoms. The number of carbonyl (C=O) groups is 1. The van der Waals surface area contributed by atoms with Gasteiger partial charge in [0.25, 0.3) is 0 Å². The van der Waals surface area contributed by atoms with Gasteiger partial charge in [0.05, 0.1) is 12.5 Å². The Labute approximate surface area is 154 Å². The lowest BCUT2D eigenvalue weighted by atomic mass is 10.0. The minimum Gasteiger partial charge on any atom is -0.493 e. The molecule has 2 aliphatic heterocycles.